The van der Waals surface area contributed by atoms with Crippen LogP contribution in [0.3, 0.4) is 0 Å². The molecule has 0 fully saturated rings. The van der Waals surface area contributed by atoms with Crippen LogP contribution in [0, 0.1) is 6.92 Å². The number of hydrogen-bond acceptors (Lipinski definition) is 5. The number of rotatable bonds is 6. The second-order valence-corrected chi connectivity index (χ2v) is 8.88. The summed E-state index contributed by atoms with van der Waals surface area (Å²) in [6, 6.07) is 5.41. The van der Waals surface area contributed by atoms with Crippen molar-refractivity contribution in [2.75, 3.05) is 18.4 Å². The second-order valence-electron chi connectivity index (χ2n) is 7.36. The van der Waals surface area contributed by atoms with Crippen molar-refractivity contribution in [1.29, 1.82) is 0 Å². The molecule has 4 rings (SSSR count). The number of hydrogen-bond donors (Lipinski definition) is 2. The van der Waals surface area contributed by atoms with Crippen molar-refractivity contribution in [2.45, 2.75) is 39.7 Å². The number of aryl methyl sites for hydroxylation is 3. The number of halogens is 1. The largest absolute Gasteiger partial charge is 0.325 e. The number of nitrogens with one attached hydrogen (secondary N) is 2. The summed E-state index contributed by atoms with van der Waals surface area (Å²) in [5.41, 5.74) is 2.76. The summed E-state index contributed by atoms with van der Waals surface area (Å²) in [5, 5.41) is 4.25. The molecule has 0 unspecified atom stereocenters. The van der Waals surface area contributed by atoms with Gasteiger partial charge in [-0.1, -0.05) is 24.6 Å². The van der Waals surface area contributed by atoms with Crippen LogP contribution in [-0.2, 0) is 24.2 Å². The van der Waals surface area contributed by atoms with E-state index in [0.29, 0.717) is 29.6 Å². The van der Waals surface area contributed by atoms with Crippen molar-refractivity contribution in [1.82, 2.24) is 14.9 Å². The number of amides is 1. The van der Waals surface area contributed by atoms with Gasteiger partial charge in [-0.05, 0) is 56.0 Å². The molecular formula is C21H23ClN4O2S. The molecule has 0 spiro atoms. The first-order valence-electron chi connectivity index (χ1n) is 9.76. The normalized spacial score (nSPS) is 13.2. The molecule has 1 aliphatic rings. The molecule has 8 heteroatoms. The summed E-state index contributed by atoms with van der Waals surface area (Å²) in [5.74, 6) is 0.465. The molecule has 2 aromatic heterocycles. The standard InChI is InChI=1S/C21H23ClN4O2S/c1-3-26(11-18(27)23-15-9-13(22)8-7-12(15)2)10-17-24-20(28)19-14-5-4-6-16(14)29-21(19)25-17/h7-9H,3-6,10-11H2,1-2H3,(H,23,27)(H,24,25,28). The molecule has 3 aromatic rings. The third-order valence-corrected chi connectivity index (χ3v) is 6.71. The number of aromatic nitrogens is 2. The Labute approximate surface area is 177 Å². The van der Waals surface area contributed by atoms with E-state index in [1.165, 1.54) is 10.4 Å². The molecule has 2 heterocycles. The van der Waals surface area contributed by atoms with Crippen molar-refractivity contribution >= 4 is 44.7 Å². The number of thiophene rings is 1. The van der Waals surface area contributed by atoms with Crippen LogP contribution >= 0.6 is 22.9 Å². The second kappa shape index (κ2) is 8.26. The van der Waals surface area contributed by atoms with Gasteiger partial charge in [-0.25, -0.2) is 4.98 Å². The maximum atomic E-state index is 12.6. The number of likely N-dealkylation sites (N-methyl/N-ethyl adjacent to an activating group) is 1. The summed E-state index contributed by atoms with van der Waals surface area (Å²) >= 11 is 7.65. The number of H-pyrrole nitrogens is 1. The number of carbonyl (C=O) groups excluding carboxylic acids is 1. The van der Waals surface area contributed by atoms with E-state index in [4.69, 9.17) is 11.6 Å². The van der Waals surface area contributed by atoms with Crippen molar-refractivity contribution in [2.24, 2.45) is 0 Å². The highest BCUT2D eigenvalue weighted by atomic mass is 35.5. The Hall–Kier alpha value is -2.22. The molecule has 1 aromatic carbocycles. The van der Waals surface area contributed by atoms with Gasteiger partial charge in [0.05, 0.1) is 18.5 Å². The fourth-order valence-electron chi connectivity index (χ4n) is 3.73. The predicted molar refractivity (Wildman–Crippen MR) is 118 cm³/mol. The van der Waals surface area contributed by atoms with Gasteiger partial charge in [-0.15, -0.1) is 11.3 Å². The summed E-state index contributed by atoms with van der Waals surface area (Å²) in [7, 11) is 0. The lowest BCUT2D eigenvalue weighted by Crippen LogP contribution is -2.34. The fourth-order valence-corrected chi connectivity index (χ4v) is 5.19. The van der Waals surface area contributed by atoms with Gasteiger partial charge in [-0.2, -0.15) is 0 Å². The maximum absolute atomic E-state index is 12.6. The maximum Gasteiger partial charge on any atom is 0.259 e. The van der Waals surface area contributed by atoms with Gasteiger partial charge in [0.2, 0.25) is 5.91 Å². The molecule has 152 valence electrons. The van der Waals surface area contributed by atoms with E-state index in [-0.39, 0.29) is 18.0 Å². The third kappa shape index (κ3) is 4.22. The zero-order chi connectivity index (χ0) is 20.5. The lowest BCUT2D eigenvalue weighted by molar-refractivity contribution is -0.117. The van der Waals surface area contributed by atoms with Gasteiger partial charge >= 0.3 is 0 Å². The summed E-state index contributed by atoms with van der Waals surface area (Å²) in [4.78, 5) is 36.8. The van der Waals surface area contributed by atoms with E-state index in [1.54, 1.807) is 23.5 Å². The summed E-state index contributed by atoms with van der Waals surface area (Å²) in [6.45, 7) is 5.17. The topological polar surface area (TPSA) is 78.1 Å². The van der Waals surface area contributed by atoms with Crippen LogP contribution in [0.1, 0.15) is 35.2 Å². The molecule has 29 heavy (non-hydrogen) atoms. The predicted octanol–water partition coefficient (Wildman–Crippen LogP) is 3.90. The Morgan fingerprint density at radius 3 is 3.00 bits per heavy atom. The van der Waals surface area contributed by atoms with Gasteiger partial charge in [-0.3, -0.25) is 14.5 Å². The monoisotopic (exact) mass is 430 g/mol. The van der Waals surface area contributed by atoms with Gasteiger partial charge in [0, 0.05) is 15.6 Å². The van der Waals surface area contributed by atoms with Crippen LogP contribution in [0.4, 0.5) is 5.69 Å². The van der Waals surface area contributed by atoms with Crippen LogP contribution in [0.5, 0.6) is 0 Å². The first kappa shape index (κ1) is 20.1. The van der Waals surface area contributed by atoms with E-state index >= 15 is 0 Å². The minimum atomic E-state index is -0.129. The molecule has 2 N–H and O–H groups in total. The van der Waals surface area contributed by atoms with E-state index in [2.05, 4.69) is 15.3 Å². The molecule has 0 atom stereocenters. The Morgan fingerprint density at radius 2 is 2.21 bits per heavy atom. The molecule has 6 nitrogen and oxygen atoms in total. The number of aromatic amines is 1. The van der Waals surface area contributed by atoms with Crippen LogP contribution in [0.15, 0.2) is 23.0 Å². The zero-order valence-corrected chi connectivity index (χ0v) is 18.0. The number of carbonyl (C=O) groups is 1. The average molecular weight is 431 g/mol. The molecular weight excluding hydrogens is 408 g/mol. The molecule has 1 amide bonds. The molecule has 1 aliphatic carbocycles. The van der Waals surface area contributed by atoms with Crippen molar-refractivity contribution in [3.8, 4) is 0 Å². The third-order valence-electron chi connectivity index (χ3n) is 5.29. The van der Waals surface area contributed by atoms with Gasteiger partial charge in [0.15, 0.2) is 0 Å². The number of anilines is 1. The fraction of sp³-hybridized carbons (Fsp3) is 0.381. The highest BCUT2D eigenvalue weighted by Gasteiger charge is 2.21. The van der Waals surface area contributed by atoms with Crippen LogP contribution < -0.4 is 10.9 Å². The quantitative estimate of drug-likeness (QED) is 0.621. The molecule has 0 aliphatic heterocycles. The number of benzene rings is 1. The van der Waals surface area contributed by atoms with Gasteiger partial charge in [0.25, 0.3) is 5.56 Å². The lowest BCUT2D eigenvalue weighted by Gasteiger charge is -2.19. The Bertz CT molecular complexity index is 1140. The lowest BCUT2D eigenvalue weighted by atomic mass is 10.2. The van der Waals surface area contributed by atoms with Crippen LogP contribution in [0.2, 0.25) is 5.02 Å². The highest BCUT2D eigenvalue weighted by molar-refractivity contribution is 7.18. The van der Waals surface area contributed by atoms with Crippen molar-refractivity contribution < 1.29 is 4.79 Å². The minimum absolute atomic E-state index is 0.0699. The smallest absolute Gasteiger partial charge is 0.259 e. The zero-order valence-electron chi connectivity index (χ0n) is 16.5. The van der Waals surface area contributed by atoms with E-state index in [9.17, 15) is 9.59 Å². The Morgan fingerprint density at radius 1 is 1.38 bits per heavy atom. The Balaban J connectivity index is 1.48. The molecule has 0 bridgehead atoms. The van der Waals surface area contributed by atoms with E-state index in [1.807, 2.05) is 24.8 Å². The minimum Gasteiger partial charge on any atom is -0.325 e. The van der Waals surface area contributed by atoms with Gasteiger partial charge < -0.3 is 10.3 Å². The van der Waals surface area contributed by atoms with Crippen LogP contribution in [0.25, 0.3) is 10.2 Å². The first-order chi connectivity index (χ1) is 13.9. The van der Waals surface area contributed by atoms with Crippen molar-refractivity contribution in [3.63, 3.8) is 0 Å². The number of nitrogens with zero attached hydrogens (tertiary/aromatic N) is 2. The van der Waals surface area contributed by atoms with Crippen LogP contribution in [-0.4, -0.2) is 33.9 Å². The molecule has 0 radical (unpaired) electrons. The number of fused-ring (bicyclic) bond motifs is 3. The van der Waals surface area contributed by atoms with Gasteiger partial charge in [0.1, 0.15) is 10.7 Å². The Kier molecular flexibility index (Phi) is 5.72. The summed E-state index contributed by atoms with van der Waals surface area (Å²) < 4.78 is 0. The summed E-state index contributed by atoms with van der Waals surface area (Å²) in [6.07, 6.45) is 3.11. The average Bonchev–Trinajstić information content (AvgIpc) is 3.24. The first-order valence-corrected chi connectivity index (χ1v) is 11.0. The van der Waals surface area contributed by atoms with Crippen molar-refractivity contribution in [3.05, 3.63) is 55.4 Å². The van der Waals surface area contributed by atoms with E-state index in [0.717, 1.165) is 35.0 Å². The SMILES string of the molecule is CCN(CC(=O)Nc1cc(Cl)ccc1C)Cc1nc2sc3c(c2c(=O)[nH]1)CCC3. The van der Waals surface area contributed by atoms with E-state index < -0.39 is 0 Å². The molecule has 0 saturated heterocycles. The molecule has 0 saturated carbocycles. The highest BCUT2D eigenvalue weighted by Crippen LogP contribution is 2.34.